The summed E-state index contributed by atoms with van der Waals surface area (Å²) >= 11 is 0. The van der Waals surface area contributed by atoms with Crippen LogP contribution in [-0.4, -0.2) is 16.3 Å². The Morgan fingerprint density at radius 1 is 1.53 bits per heavy atom. The molecular formula is C12H21N5. The van der Waals surface area contributed by atoms with E-state index in [1.54, 1.807) is 4.68 Å². The van der Waals surface area contributed by atoms with E-state index in [0.29, 0.717) is 17.2 Å². The molecule has 0 aromatic carbocycles. The Morgan fingerprint density at radius 3 is 2.76 bits per heavy atom. The summed E-state index contributed by atoms with van der Waals surface area (Å²) in [5.41, 5.74) is 6.39. The first-order chi connectivity index (χ1) is 8.15. The Morgan fingerprint density at radius 2 is 2.24 bits per heavy atom. The molecule has 0 radical (unpaired) electrons. The van der Waals surface area contributed by atoms with E-state index in [1.807, 2.05) is 6.92 Å². The quantitative estimate of drug-likeness (QED) is 0.742. The van der Waals surface area contributed by atoms with Crippen LogP contribution in [0.3, 0.4) is 0 Å². The van der Waals surface area contributed by atoms with Crippen LogP contribution < -0.4 is 11.1 Å². The summed E-state index contributed by atoms with van der Waals surface area (Å²) < 4.78 is 1.73. The zero-order chi connectivity index (χ0) is 12.8. The normalized spacial score (nSPS) is 12.1. The van der Waals surface area contributed by atoms with Crippen molar-refractivity contribution in [3.05, 3.63) is 5.56 Å². The minimum Gasteiger partial charge on any atom is -0.383 e. The number of anilines is 2. The summed E-state index contributed by atoms with van der Waals surface area (Å²) in [6, 6.07) is 2.33. The topological polar surface area (TPSA) is 79.7 Å². The standard InChI is InChI=1S/C12H21N5/c1-4-6-7-15-12-10(8-13)11(14)17(16-12)9(3)5-2/h9H,4-7,14H2,1-3H3,(H,15,16). The second-order valence-electron chi connectivity index (χ2n) is 4.20. The molecule has 0 saturated heterocycles. The third kappa shape index (κ3) is 2.90. The SMILES string of the molecule is CCCCNc1nn(C(C)CC)c(N)c1C#N. The van der Waals surface area contributed by atoms with Crippen molar-refractivity contribution < 1.29 is 0 Å². The smallest absolute Gasteiger partial charge is 0.168 e. The number of nitrogens with two attached hydrogens (primary N) is 1. The van der Waals surface area contributed by atoms with Crippen LogP contribution in [0.2, 0.25) is 0 Å². The fourth-order valence-electron chi connectivity index (χ4n) is 1.57. The van der Waals surface area contributed by atoms with E-state index < -0.39 is 0 Å². The fraction of sp³-hybridized carbons (Fsp3) is 0.667. The van der Waals surface area contributed by atoms with Crippen LogP contribution >= 0.6 is 0 Å². The Hall–Kier alpha value is -1.70. The van der Waals surface area contributed by atoms with Gasteiger partial charge >= 0.3 is 0 Å². The van der Waals surface area contributed by atoms with Crippen molar-refractivity contribution in [1.82, 2.24) is 9.78 Å². The van der Waals surface area contributed by atoms with Gasteiger partial charge in [-0.2, -0.15) is 10.4 Å². The second kappa shape index (κ2) is 6.14. The maximum atomic E-state index is 9.10. The zero-order valence-corrected chi connectivity index (χ0v) is 10.8. The summed E-state index contributed by atoms with van der Waals surface area (Å²) in [4.78, 5) is 0. The van der Waals surface area contributed by atoms with Gasteiger partial charge in [-0.05, 0) is 19.8 Å². The minimum atomic E-state index is 0.212. The van der Waals surface area contributed by atoms with E-state index in [1.165, 1.54) is 0 Å². The third-order valence-electron chi connectivity index (χ3n) is 2.89. The number of nitrogen functional groups attached to an aromatic ring is 1. The van der Waals surface area contributed by atoms with E-state index in [-0.39, 0.29) is 6.04 Å². The molecule has 0 fully saturated rings. The van der Waals surface area contributed by atoms with Gasteiger partial charge in [-0.15, -0.1) is 0 Å². The number of nitrogens with one attached hydrogen (secondary N) is 1. The molecule has 0 amide bonds. The molecular weight excluding hydrogens is 214 g/mol. The average molecular weight is 235 g/mol. The molecule has 0 aliphatic heterocycles. The van der Waals surface area contributed by atoms with Gasteiger partial charge in [-0.1, -0.05) is 20.3 Å². The molecule has 0 aliphatic rings. The Balaban J connectivity index is 2.94. The number of nitriles is 1. The molecule has 17 heavy (non-hydrogen) atoms. The lowest BCUT2D eigenvalue weighted by atomic mass is 10.2. The number of aromatic nitrogens is 2. The lowest BCUT2D eigenvalue weighted by molar-refractivity contribution is 0.486. The van der Waals surface area contributed by atoms with Crippen molar-refractivity contribution in [2.24, 2.45) is 0 Å². The van der Waals surface area contributed by atoms with Gasteiger partial charge in [0, 0.05) is 6.54 Å². The Kier molecular flexibility index (Phi) is 4.83. The van der Waals surface area contributed by atoms with Gasteiger partial charge in [0.25, 0.3) is 0 Å². The van der Waals surface area contributed by atoms with Crippen molar-refractivity contribution in [2.75, 3.05) is 17.6 Å². The predicted octanol–water partition coefficient (Wildman–Crippen LogP) is 2.52. The molecule has 1 atom stereocenters. The highest BCUT2D eigenvalue weighted by molar-refractivity contribution is 5.63. The molecule has 5 nitrogen and oxygen atoms in total. The van der Waals surface area contributed by atoms with Crippen LogP contribution in [0.25, 0.3) is 0 Å². The fourth-order valence-corrected chi connectivity index (χ4v) is 1.57. The van der Waals surface area contributed by atoms with Crippen molar-refractivity contribution >= 4 is 11.6 Å². The first-order valence-electron chi connectivity index (χ1n) is 6.17. The van der Waals surface area contributed by atoms with E-state index in [2.05, 4.69) is 30.3 Å². The van der Waals surface area contributed by atoms with Crippen LogP contribution in [0, 0.1) is 11.3 Å². The lowest BCUT2D eigenvalue weighted by Crippen LogP contribution is -2.10. The highest BCUT2D eigenvalue weighted by Gasteiger charge is 2.17. The van der Waals surface area contributed by atoms with Crippen molar-refractivity contribution in [2.45, 2.75) is 46.1 Å². The van der Waals surface area contributed by atoms with Gasteiger partial charge < -0.3 is 11.1 Å². The first kappa shape index (κ1) is 13.4. The molecule has 0 saturated carbocycles. The van der Waals surface area contributed by atoms with Gasteiger partial charge in [0.15, 0.2) is 5.82 Å². The van der Waals surface area contributed by atoms with Crippen molar-refractivity contribution in [3.8, 4) is 6.07 Å². The van der Waals surface area contributed by atoms with Crippen LogP contribution in [0.5, 0.6) is 0 Å². The second-order valence-corrected chi connectivity index (χ2v) is 4.20. The van der Waals surface area contributed by atoms with Crippen molar-refractivity contribution in [3.63, 3.8) is 0 Å². The molecule has 1 heterocycles. The van der Waals surface area contributed by atoms with Gasteiger partial charge in [0.1, 0.15) is 17.5 Å². The summed E-state index contributed by atoms with van der Waals surface area (Å²) in [6.07, 6.45) is 3.10. The molecule has 94 valence electrons. The van der Waals surface area contributed by atoms with E-state index in [0.717, 1.165) is 25.8 Å². The number of rotatable bonds is 6. The number of unbranched alkanes of at least 4 members (excludes halogenated alkanes) is 1. The Bertz CT molecular complexity index is 402. The molecule has 1 unspecified atom stereocenters. The molecule has 0 spiro atoms. The summed E-state index contributed by atoms with van der Waals surface area (Å²) in [6.45, 7) is 7.06. The average Bonchev–Trinajstić information content (AvgIpc) is 2.65. The number of hydrogen-bond donors (Lipinski definition) is 2. The van der Waals surface area contributed by atoms with Gasteiger partial charge in [0.05, 0.1) is 6.04 Å². The summed E-state index contributed by atoms with van der Waals surface area (Å²) in [5, 5.41) is 16.7. The van der Waals surface area contributed by atoms with E-state index in [4.69, 9.17) is 11.0 Å². The van der Waals surface area contributed by atoms with Gasteiger partial charge in [0.2, 0.25) is 0 Å². The minimum absolute atomic E-state index is 0.212. The monoisotopic (exact) mass is 235 g/mol. The highest BCUT2D eigenvalue weighted by atomic mass is 15.4. The van der Waals surface area contributed by atoms with Crippen LogP contribution in [0.1, 0.15) is 51.6 Å². The molecule has 5 heteroatoms. The van der Waals surface area contributed by atoms with Gasteiger partial charge in [-0.25, -0.2) is 4.68 Å². The highest BCUT2D eigenvalue weighted by Crippen LogP contribution is 2.25. The summed E-state index contributed by atoms with van der Waals surface area (Å²) in [7, 11) is 0. The molecule has 0 bridgehead atoms. The largest absolute Gasteiger partial charge is 0.383 e. The Labute approximate surface area is 103 Å². The number of hydrogen-bond acceptors (Lipinski definition) is 4. The first-order valence-corrected chi connectivity index (χ1v) is 6.17. The molecule has 1 rings (SSSR count). The van der Waals surface area contributed by atoms with Crippen LogP contribution in [0.15, 0.2) is 0 Å². The number of nitrogens with zero attached hydrogens (tertiary/aromatic N) is 3. The molecule has 1 aromatic heterocycles. The molecule has 1 aromatic rings. The third-order valence-corrected chi connectivity index (χ3v) is 2.89. The maximum absolute atomic E-state index is 9.10. The lowest BCUT2D eigenvalue weighted by Gasteiger charge is -2.10. The summed E-state index contributed by atoms with van der Waals surface area (Å²) in [5.74, 6) is 1.07. The maximum Gasteiger partial charge on any atom is 0.168 e. The van der Waals surface area contributed by atoms with E-state index in [9.17, 15) is 0 Å². The van der Waals surface area contributed by atoms with E-state index >= 15 is 0 Å². The predicted molar refractivity (Wildman–Crippen MR) is 69.8 cm³/mol. The van der Waals surface area contributed by atoms with Crippen LogP contribution in [0.4, 0.5) is 11.6 Å². The van der Waals surface area contributed by atoms with Gasteiger partial charge in [-0.3, -0.25) is 0 Å². The molecule has 3 N–H and O–H groups in total. The zero-order valence-electron chi connectivity index (χ0n) is 10.8. The van der Waals surface area contributed by atoms with Crippen LogP contribution in [-0.2, 0) is 0 Å². The van der Waals surface area contributed by atoms with Crippen molar-refractivity contribution in [1.29, 1.82) is 5.26 Å². The molecule has 0 aliphatic carbocycles.